The van der Waals surface area contributed by atoms with E-state index in [0.717, 1.165) is 6.07 Å². The molecule has 2 amide bonds. The Morgan fingerprint density at radius 1 is 0.977 bits per heavy atom. The van der Waals surface area contributed by atoms with Gasteiger partial charge in [0.2, 0.25) is 5.95 Å². The molecule has 0 unspecified atom stereocenters. The molecular weight excluding hydrogens is 561 g/mol. The first-order chi connectivity index (χ1) is 20.7. The lowest BCUT2D eigenvalue weighted by Gasteiger charge is -2.34. The molecule has 11 heteroatoms. The highest BCUT2D eigenvalue weighted by Gasteiger charge is 2.38. The van der Waals surface area contributed by atoms with Gasteiger partial charge in [-0.2, -0.15) is 0 Å². The fourth-order valence-corrected chi connectivity index (χ4v) is 5.21. The molecule has 216 valence electrons. The number of carbonyl (C=O) groups is 3. The highest BCUT2D eigenvalue weighted by atomic mass is 19.1. The molecule has 1 fully saturated rings. The van der Waals surface area contributed by atoms with Crippen LogP contribution < -0.4 is 10.2 Å². The maximum Gasteiger partial charge on any atom is 0.261 e. The lowest BCUT2D eigenvalue weighted by atomic mass is 9.89. The van der Waals surface area contributed by atoms with E-state index in [2.05, 4.69) is 15.3 Å². The normalized spacial score (nSPS) is 13.2. The van der Waals surface area contributed by atoms with Crippen LogP contribution in [0.3, 0.4) is 0 Å². The number of aromatic nitrogens is 2. The summed E-state index contributed by atoms with van der Waals surface area (Å²) in [6.45, 7) is 1.45. The summed E-state index contributed by atoms with van der Waals surface area (Å²) in [5, 5.41) is 2.33. The van der Waals surface area contributed by atoms with E-state index in [9.17, 15) is 18.8 Å². The lowest BCUT2D eigenvalue weighted by Crippen LogP contribution is -2.49. The van der Waals surface area contributed by atoms with E-state index < -0.39 is 35.3 Å². The van der Waals surface area contributed by atoms with Crippen molar-refractivity contribution in [1.29, 1.82) is 0 Å². The van der Waals surface area contributed by atoms with Gasteiger partial charge in [0, 0.05) is 49.0 Å². The van der Waals surface area contributed by atoms with Crippen molar-refractivity contribution < 1.29 is 32.0 Å². The fraction of sp³-hybridized carbons (Fsp3) is 0.156. The summed E-state index contributed by atoms with van der Waals surface area (Å²) in [6, 6.07) is 11.5. The van der Waals surface area contributed by atoms with Crippen molar-refractivity contribution in [2.75, 3.05) is 11.9 Å². The quantitative estimate of drug-likeness (QED) is 0.262. The molecule has 1 aliphatic rings. The Morgan fingerprint density at radius 3 is 2.33 bits per heavy atom. The standard InChI is InChI=1S/C32H23F3N4O4/c1-16-23(12-18(13-24(16)34)31(42)39(20-14-21(40)15-20)32-37-10-3-11-38-32)22-8-9-25-26(28(22)35)27(30(41)36-2)29(43-25)17-4-6-19(33)7-5-17/h3-13,20H,14-15H2,1-2H3,(H,36,41). The van der Waals surface area contributed by atoms with Gasteiger partial charge in [0.15, 0.2) is 0 Å². The van der Waals surface area contributed by atoms with Crippen molar-refractivity contribution in [3.05, 3.63) is 101 Å². The van der Waals surface area contributed by atoms with E-state index >= 15 is 8.78 Å². The molecule has 43 heavy (non-hydrogen) atoms. The molecule has 8 nitrogen and oxygen atoms in total. The zero-order valence-corrected chi connectivity index (χ0v) is 23.0. The molecule has 0 bridgehead atoms. The molecule has 1 N–H and O–H groups in total. The van der Waals surface area contributed by atoms with Crippen molar-refractivity contribution in [2.45, 2.75) is 25.8 Å². The van der Waals surface area contributed by atoms with Gasteiger partial charge in [-0.15, -0.1) is 0 Å². The molecule has 0 radical (unpaired) electrons. The molecule has 0 spiro atoms. The van der Waals surface area contributed by atoms with Crippen molar-refractivity contribution in [3.63, 3.8) is 0 Å². The Balaban J connectivity index is 1.50. The number of fused-ring (bicyclic) bond motifs is 1. The Bertz CT molecular complexity index is 1920. The molecule has 0 saturated heterocycles. The molecule has 2 aromatic heterocycles. The Kier molecular flexibility index (Phi) is 7.01. The van der Waals surface area contributed by atoms with Crippen molar-refractivity contribution in [2.24, 2.45) is 0 Å². The minimum absolute atomic E-state index is 0.0306. The van der Waals surface area contributed by atoms with Gasteiger partial charge in [-0.1, -0.05) is 0 Å². The minimum Gasteiger partial charge on any atom is -0.455 e. The van der Waals surface area contributed by atoms with E-state index in [4.69, 9.17) is 4.42 Å². The number of carbonyl (C=O) groups excluding carboxylic acids is 3. The van der Waals surface area contributed by atoms with Crippen molar-refractivity contribution in [1.82, 2.24) is 15.3 Å². The van der Waals surface area contributed by atoms with E-state index in [1.165, 1.54) is 73.7 Å². The van der Waals surface area contributed by atoms with Gasteiger partial charge in [-0.05, 0) is 72.6 Å². The van der Waals surface area contributed by atoms with E-state index in [1.54, 1.807) is 6.07 Å². The third kappa shape index (κ3) is 4.82. The van der Waals surface area contributed by atoms with Crippen molar-refractivity contribution in [3.8, 4) is 22.5 Å². The smallest absolute Gasteiger partial charge is 0.261 e. The summed E-state index contributed by atoms with van der Waals surface area (Å²) in [4.78, 5) is 48.1. The number of furan rings is 1. The van der Waals surface area contributed by atoms with Crippen LogP contribution in [0.15, 0.2) is 71.4 Å². The number of nitrogens with one attached hydrogen (secondary N) is 1. The number of rotatable bonds is 6. The van der Waals surface area contributed by atoms with Crippen LogP contribution in [0.5, 0.6) is 0 Å². The van der Waals surface area contributed by atoms with Crippen LogP contribution in [0, 0.1) is 24.4 Å². The van der Waals surface area contributed by atoms with Crippen LogP contribution >= 0.6 is 0 Å². The number of Topliss-reactive ketones (excluding diaryl/α,β-unsaturated/α-hetero) is 1. The predicted octanol–water partition coefficient (Wildman–Crippen LogP) is 6.02. The van der Waals surface area contributed by atoms with Gasteiger partial charge in [-0.25, -0.2) is 23.1 Å². The summed E-state index contributed by atoms with van der Waals surface area (Å²) < 4.78 is 51.3. The van der Waals surface area contributed by atoms with Gasteiger partial charge in [0.1, 0.15) is 34.6 Å². The number of anilines is 1. The Labute approximate surface area is 243 Å². The number of halogens is 3. The number of hydrogen-bond donors (Lipinski definition) is 1. The first-order valence-electron chi connectivity index (χ1n) is 13.3. The van der Waals surface area contributed by atoms with Crippen LogP contribution in [0.1, 0.15) is 39.1 Å². The number of benzene rings is 3. The Hall–Kier alpha value is -5.32. The fourth-order valence-electron chi connectivity index (χ4n) is 5.21. The second-order valence-electron chi connectivity index (χ2n) is 10.1. The highest BCUT2D eigenvalue weighted by molar-refractivity contribution is 6.12. The zero-order valence-electron chi connectivity index (χ0n) is 23.0. The second-order valence-corrected chi connectivity index (χ2v) is 10.1. The van der Waals surface area contributed by atoms with Gasteiger partial charge >= 0.3 is 0 Å². The SMILES string of the molecule is CNC(=O)c1c(-c2ccc(F)cc2)oc2ccc(-c3cc(C(=O)N(c4ncccn4)C4CC(=O)C4)cc(F)c3C)c(F)c12. The lowest BCUT2D eigenvalue weighted by molar-refractivity contribution is -0.124. The largest absolute Gasteiger partial charge is 0.455 e. The molecule has 3 aromatic carbocycles. The van der Waals surface area contributed by atoms with Gasteiger partial charge < -0.3 is 9.73 Å². The number of hydrogen-bond acceptors (Lipinski definition) is 6. The third-order valence-corrected chi connectivity index (χ3v) is 7.51. The summed E-state index contributed by atoms with van der Waals surface area (Å²) in [7, 11) is 1.38. The van der Waals surface area contributed by atoms with E-state index in [-0.39, 0.29) is 69.1 Å². The van der Waals surface area contributed by atoms with Crippen LogP contribution in [0.25, 0.3) is 33.4 Å². The molecule has 5 aromatic rings. The minimum atomic E-state index is -0.867. The molecule has 0 atom stereocenters. The molecule has 1 saturated carbocycles. The average molecular weight is 585 g/mol. The zero-order chi connectivity index (χ0) is 30.4. The molecular formula is C32H23F3N4O4. The first kappa shape index (κ1) is 27.8. The molecule has 6 rings (SSSR count). The van der Waals surface area contributed by atoms with Gasteiger partial charge in [-0.3, -0.25) is 19.3 Å². The maximum absolute atomic E-state index is 16.4. The van der Waals surface area contributed by atoms with Gasteiger partial charge in [0.05, 0.1) is 17.0 Å². The summed E-state index contributed by atoms with van der Waals surface area (Å²) in [6.07, 6.45) is 3.11. The summed E-state index contributed by atoms with van der Waals surface area (Å²) >= 11 is 0. The van der Waals surface area contributed by atoms with Crippen molar-refractivity contribution >= 4 is 34.5 Å². The Morgan fingerprint density at radius 2 is 1.67 bits per heavy atom. The molecule has 0 aliphatic heterocycles. The van der Waals surface area contributed by atoms with Crippen LogP contribution in [0.2, 0.25) is 0 Å². The van der Waals surface area contributed by atoms with Gasteiger partial charge in [0.25, 0.3) is 11.8 Å². The first-order valence-corrected chi connectivity index (χ1v) is 13.3. The van der Waals surface area contributed by atoms with Crippen LogP contribution in [0.4, 0.5) is 19.1 Å². The average Bonchev–Trinajstić information content (AvgIpc) is 3.39. The topological polar surface area (TPSA) is 105 Å². The number of nitrogens with zero attached hydrogens (tertiary/aromatic N) is 3. The summed E-state index contributed by atoms with van der Waals surface area (Å²) in [5.41, 5.74) is 0.257. The number of ketones is 1. The molecule has 2 heterocycles. The summed E-state index contributed by atoms with van der Waals surface area (Å²) in [5.74, 6) is -3.36. The maximum atomic E-state index is 16.4. The number of amides is 2. The van der Waals surface area contributed by atoms with E-state index in [0.29, 0.717) is 5.56 Å². The monoisotopic (exact) mass is 584 g/mol. The predicted molar refractivity (Wildman–Crippen MR) is 152 cm³/mol. The van der Waals surface area contributed by atoms with E-state index in [1.807, 2.05) is 0 Å². The second kappa shape index (κ2) is 10.8. The molecule has 1 aliphatic carbocycles. The highest BCUT2D eigenvalue weighted by Crippen LogP contribution is 2.40. The van der Waals surface area contributed by atoms with Crippen LogP contribution in [-0.4, -0.2) is 40.7 Å². The van der Waals surface area contributed by atoms with Crippen LogP contribution in [-0.2, 0) is 4.79 Å². The third-order valence-electron chi connectivity index (χ3n) is 7.51.